The summed E-state index contributed by atoms with van der Waals surface area (Å²) < 4.78 is 114. The second-order valence-corrected chi connectivity index (χ2v) is 30.5. The van der Waals surface area contributed by atoms with Gasteiger partial charge in [-0.3, -0.25) is 8.98 Å². The van der Waals surface area contributed by atoms with Crippen LogP contribution < -0.4 is 29.6 Å². The van der Waals surface area contributed by atoms with Gasteiger partial charge in [0.15, 0.2) is 37.7 Å². The minimum atomic E-state index is -5.17. The molecule has 554 valence electrons. The van der Waals surface area contributed by atoms with Crippen LogP contribution in [0.1, 0.15) is 113 Å². The number of carbonyl (C=O) groups is 1. The number of rotatable bonds is 21. The van der Waals surface area contributed by atoms with Crippen molar-refractivity contribution in [3.8, 4) is 0 Å². The topological polar surface area (TPSA) is 518 Å². The number of Topliss-reactive ketones (excluding diaryl/α,β-unsaturated/α-hetero) is 1. The predicted molar refractivity (Wildman–Crippen MR) is 316 cm³/mol. The molecule has 0 radical (unpaired) electrons. The van der Waals surface area contributed by atoms with E-state index in [1.165, 1.54) is 20.8 Å². The standard InChI is InChI=1S/C62H102O33S.Na/c1-22(2)15-26(65)18-62(8,79)36-10-9-29-28-17-32(31-16-27(95-96(80,81)82)11-13-60(31,6)30(28)12-14-61(29,36)7)87-56-48(77)51(39(68)24(4)85-56)92-58-52(93-54-46(75)43(72)37(66)23(3)84-54)42(71)35(21-83-58)90-59-53(45(74)41(70)34(20-64)89-59)94-57-49(78)50(38(67)25(5)86-57)91-55-47(76)44(73)40(69)33(19-63)88-55;/h12,22-25,27-29,31-59,63-64,66-79H,9-11,13-21H2,1-8H3,(H,80,81,82);/q;+1/p-1/t23-,24-,25-,27+,28+,29+,31-,32+,33-,34-,35-,36+,37-,38+,39-,40+,41+,42+,43+,44+,45+,46-,47-,48-,49-,50+,51+,52-,53-,54-,55+,56-,57+,58+,59+,60-,61+,62?;/m1./s1. The molecule has 6 aliphatic heterocycles. The Morgan fingerprint density at radius 3 is 1.64 bits per heavy atom. The molecule has 9 fully saturated rings. The molecule has 10 rings (SSSR count). The molecule has 16 N–H and O–H groups in total. The first-order valence-corrected chi connectivity index (χ1v) is 34.7. The smallest absolute Gasteiger partial charge is 0.726 e. The van der Waals surface area contributed by atoms with Crippen LogP contribution in [0.5, 0.6) is 0 Å². The van der Waals surface area contributed by atoms with Crippen molar-refractivity contribution >= 4 is 16.2 Å². The molecule has 38 atom stereocenters. The van der Waals surface area contributed by atoms with Gasteiger partial charge in [-0.2, -0.15) is 0 Å². The number of aliphatic hydroxyl groups is 16. The molecule has 33 nitrogen and oxygen atoms in total. The van der Waals surface area contributed by atoms with Crippen LogP contribution in [0.2, 0.25) is 0 Å². The van der Waals surface area contributed by atoms with Gasteiger partial charge in [0.05, 0.1) is 55.9 Å². The summed E-state index contributed by atoms with van der Waals surface area (Å²) in [6.45, 7) is 11.4. The average molecular weight is 1430 g/mol. The number of carbonyl (C=O) groups excluding carboxylic acids is 1. The molecular formula is C62H101NaO33S. The number of ketones is 1. The fourth-order valence-electron chi connectivity index (χ4n) is 17.2. The Hall–Kier alpha value is -0.840. The van der Waals surface area contributed by atoms with Crippen LogP contribution in [-0.2, 0) is 76.2 Å². The molecular weight excluding hydrogens is 1330 g/mol. The van der Waals surface area contributed by atoms with Crippen LogP contribution in [0.3, 0.4) is 0 Å². The quantitative estimate of drug-likeness (QED) is 0.0220. The summed E-state index contributed by atoms with van der Waals surface area (Å²) >= 11 is 0. The van der Waals surface area contributed by atoms with Crippen LogP contribution in [-0.4, -0.2) is 316 Å². The van der Waals surface area contributed by atoms with Gasteiger partial charge in [-0.05, 0) is 113 Å². The Labute approximate surface area is 584 Å². The predicted octanol–water partition coefficient (Wildman–Crippen LogP) is -8.19. The normalized spacial score (nSPS) is 51.1. The molecule has 0 aromatic rings. The van der Waals surface area contributed by atoms with Crippen LogP contribution in [0.15, 0.2) is 11.6 Å². The van der Waals surface area contributed by atoms with Gasteiger partial charge in [0, 0.05) is 12.8 Å². The van der Waals surface area contributed by atoms with Gasteiger partial charge in [-0.1, -0.05) is 39.3 Å². The second-order valence-electron chi connectivity index (χ2n) is 29.5. The van der Waals surface area contributed by atoms with Crippen molar-refractivity contribution in [2.45, 2.75) is 309 Å². The molecule has 97 heavy (non-hydrogen) atoms. The van der Waals surface area contributed by atoms with Crippen LogP contribution in [0.25, 0.3) is 0 Å². The van der Waals surface area contributed by atoms with Crippen LogP contribution in [0, 0.1) is 40.4 Å². The SMILES string of the molecule is CC(C)CC(=O)CC(C)(O)[C@H]1CC[C@H]2[C@@H]3C[C@H](O[C@H]4O[C@H](C)[C@@H](O)[C@H](O[C@@H]5OC[C@@H](O[C@@H]6O[C@H](CO)[C@H](O)[C@H](O)[C@H]6O[C@@H]6O[C@H](C)[C@H](O)[C@H](O[C@@H]7O[C@H](CO)[C@H](O)[C@H](O)[C@H]7O)[C@H]6O)[C@H](O)[C@H]5O[C@H]5O[C@H](C)[C@@H](O)[C@H](O)[C@H]5O)[C@H]4O)[C@H]4C[C@@H](OS(=O)(=O)[O-])CC[C@]4(C)C3=CC[C@]12C.[Na+]. The van der Waals surface area contributed by atoms with Gasteiger partial charge in [0.1, 0.15) is 128 Å². The van der Waals surface area contributed by atoms with Gasteiger partial charge in [0.25, 0.3) is 0 Å². The number of aliphatic hydroxyl groups excluding tert-OH is 15. The van der Waals surface area contributed by atoms with E-state index in [1.807, 2.05) is 20.8 Å². The second kappa shape index (κ2) is 31.7. The Balaban J connectivity index is 0.0000110. The molecule has 0 aromatic heterocycles. The van der Waals surface area contributed by atoms with E-state index in [1.54, 1.807) is 6.92 Å². The third-order valence-corrected chi connectivity index (χ3v) is 22.9. The van der Waals surface area contributed by atoms with E-state index in [0.717, 1.165) is 5.57 Å². The van der Waals surface area contributed by atoms with Crippen molar-refractivity contribution in [2.75, 3.05) is 19.8 Å². The Bertz CT molecular complexity index is 2760. The fourth-order valence-corrected chi connectivity index (χ4v) is 17.7. The van der Waals surface area contributed by atoms with Crippen molar-refractivity contribution in [1.29, 1.82) is 0 Å². The summed E-state index contributed by atoms with van der Waals surface area (Å²) in [4.78, 5) is 13.3. The van der Waals surface area contributed by atoms with Gasteiger partial charge in [-0.15, -0.1) is 0 Å². The van der Waals surface area contributed by atoms with Crippen molar-refractivity contribution in [1.82, 2.24) is 0 Å². The van der Waals surface area contributed by atoms with E-state index >= 15 is 0 Å². The molecule has 35 heteroatoms. The molecule has 0 spiro atoms. The molecule has 0 amide bonds. The average Bonchev–Trinajstić information content (AvgIpc) is 1.69. The Kier molecular flexibility index (Phi) is 26.2. The molecule has 0 bridgehead atoms. The number of allylic oxidation sites excluding steroid dienone is 2. The zero-order valence-corrected chi connectivity index (χ0v) is 58.7. The minimum Gasteiger partial charge on any atom is -0.726 e. The van der Waals surface area contributed by atoms with Gasteiger partial charge in [-0.25, -0.2) is 8.42 Å². The van der Waals surface area contributed by atoms with Crippen LogP contribution in [0.4, 0.5) is 0 Å². The van der Waals surface area contributed by atoms with Crippen LogP contribution >= 0.6 is 0 Å². The zero-order valence-electron chi connectivity index (χ0n) is 55.9. The molecule has 0 aromatic carbocycles. The first-order chi connectivity index (χ1) is 44.9. The number of ether oxygens (including phenoxy) is 12. The van der Waals surface area contributed by atoms with Gasteiger partial charge in [0.2, 0.25) is 10.4 Å². The van der Waals surface area contributed by atoms with Gasteiger partial charge < -0.3 is 143 Å². The third kappa shape index (κ3) is 16.3. The van der Waals surface area contributed by atoms with E-state index in [4.69, 9.17) is 61.0 Å². The molecule has 3 saturated carbocycles. The Morgan fingerprint density at radius 2 is 1.07 bits per heavy atom. The van der Waals surface area contributed by atoms with Crippen molar-refractivity contribution in [3.63, 3.8) is 0 Å². The summed E-state index contributed by atoms with van der Waals surface area (Å²) in [7, 11) is -5.17. The van der Waals surface area contributed by atoms with E-state index in [2.05, 4.69) is 13.0 Å². The Morgan fingerprint density at radius 1 is 0.588 bits per heavy atom. The summed E-state index contributed by atoms with van der Waals surface area (Å²) in [6, 6.07) is 0. The van der Waals surface area contributed by atoms with Crippen molar-refractivity contribution < 1.29 is 190 Å². The van der Waals surface area contributed by atoms with E-state index < -0.39 is 243 Å². The monoisotopic (exact) mass is 1430 g/mol. The molecule has 1 unspecified atom stereocenters. The summed E-state index contributed by atoms with van der Waals surface area (Å²) in [6.07, 6.45) is -49.0. The third-order valence-electron chi connectivity index (χ3n) is 22.4. The number of hydrogen-bond donors (Lipinski definition) is 16. The number of hydrogen-bond acceptors (Lipinski definition) is 33. The first-order valence-electron chi connectivity index (χ1n) is 33.4. The minimum absolute atomic E-state index is 0. The van der Waals surface area contributed by atoms with Crippen molar-refractivity contribution in [3.05, 3.63) is 11.6 Å². The summed E-state index contributed by atoms with van der Waals surface area (Å²) in [5.41, 5.74) is -1.41. The zero-order chi connectivity index (χ0) is 70.3. The van der Waals surface area contributed by atoms with E-state index in [9.17, 15) is 99.5 Å². The molecule has 4 aliphatic carbocycles. The van der Waals surface area contributed by atoms with Gasteiger partial charge >= 0.3 is 29.6 Å². The van der Waals surface area contributed by atoms with Crippen molar-refractivity contribution in [2.24, 2.45) is 40.4 Å². The summed E-state index contributed by atoms with van der Waals surface area (Å²) in [5.74, 6) is -1.01. The fraction of sp³-hybridized carbons (Fsp3) is 0.952. The largest absolute Gasteiger partial charge is 1.00 e. The van der Waals surface area contributed by atoms with E-state index in [-0.39, 0.29) is 84.7 Å². The summed E-state index contributed by atoms with van der Waals surface area (Å²) in [5, 5.41) is 179. The number of fused-ring (bicyclic) bond motifs is 5. The maximum Gasteiger partial charge on any atom is 1.00 e. The molecule has 6 heterocycles. The van der Waals surface area contributed by atoms with E-state index in [0.29, 0.717) is 32.1 Å². The maximum absolute atomic E-state index is 13.3. The molecule has 6 saturated heterocycles. The maximum atomic E-state index is 13.3. The molecule has 10 aliphatic rings. The first kappa shape index (κ1) is 80.3.